The minimum atomic E-state index is -0.177. The second-order valence-corrected chi connectivity index (χ2v) is 5.66. The Bertz CT molecular complexity index is 344. The maximum absolute atomic E-state index is 11.7. The molecule has 1 fully saturated rings. The zero-order valence-electron chi connectivity index (χ0n) is 10.3. The summed E-state index contributed by atoms with van der Waals surface area (Å²) in [6.45, 7) is 5.38. The number of esters is 1. The van der Waals surface area contributed by atoms with Crippen LogP contribution < -0.4 is 4.90 Å². The number of carbonyl (C=O) groups excluding carboxylic acids is 1. The highest BCUT2D eigenvalue weighted by atomic mass is 32.1. The Kier molecular flexibility index (Phi) is 4.57. The van der Waals surface area contributed by atoms with Gasteiger partial charge in [0, 0.05) is 0 Å². The van der Waals surface area contributed by atoms with E-state index in [0.29, 0.717) is 4.88 Å². The number of hydrogen-bond acceptors (Lipinski definition) is 3. The van der Waals surface area contributed by atoms with E-state index in [1.54, 1.807) is 4.90 Å². The van der Waals surface area contributed by atoms with Crippen LogP contribution >= 0.6 is 11.3 Å². The van der Waals surface area contributed by atoms with Crippen molar-refractivity contribution in [2.24, 2.45) is 0 Å². The molecule has 0 unspecified atom stereocenters. The Morgan fingerprint density at radius 2 is 2.24 bits per heavy atom. The van der Waals surface area contributed by atoms with Gasteiger partial charge in [0.05, 0.1) is 13.1 Å². The lowest BCUT2D eigenvalue weighted by Crippen LogP contribution is -3.13. The molecule has 1 saturated heterocycles. The molecule has 0 saturated carbocycles. The maximum Gasteiger partial charge on any atom is 0.348 e. The van der Waals surface area contributed by atoms with Gasteiger partial charge >= 0.3 is 5.97 Å². The Hall–Kier alpha value is -0.870. The van der Waals surface area contributed by atoms with Crippen molar-refractivity contribution in [3.05, 3.63) is 22.4 Å². The predicted molar refractivity (Wildman–Crippen MR) is 68.6 cm³/mol. The molecule has 0 spiro atoms. The van der Waals surface area contributed by atoms with Gasteiger partial charge in [0.1, 0.15) is 17.5 Å². The molecule has 0 amide bonds. The average molecular weight is 254 g/mol. The summed E-state index contributed by atoms with van der Waals surface area (Å²) in [5, 5.41) is 1.90. The molecule has 1 atom stereocenters. The zero-order chi connectivity index (χ0) is 12.1. The Morgan fingerprint density at radius 1 is 1.47 bits per heavy atom. The predicted octanol–water partition coefficient (Wildman–Crippen LogP) is 1.36. The number of carbonyl (C=O) groups is 1. The van der Waals surface area contributed by atoms with Crippen LogP contribution in [0.3, 0.4) is 0 Å². The van der Waals surface area contributed by atoms with E-state index in [1.165, 1.54) is 43.7 Å². The number of thiophene rings is 1. The average Bonchev–Trinajstić information content (AvgIpc) is 2.83. The summed E-state index contributed by atoms with van der Waals surface area (Å²) in [4.78, 5) is 14.0. The Labute approximate surface area is 106 Å². The van der Waals surface area contributed by atoms with E-state index < -0.39 is 0 Å². The van der Waals surface area contributed by atoms with Gasteiger partial charge in [-0.25, -0.2) is 4.79 Å². The summed E-state index contributed by atoms with van der Waals surface area (Å²) in [7, 11) is 0. The van der Waals surface area contributed by atoms with E-state index in [2.05, 4.69) is 0 Å². The topological polar surface area (TPSA) is 30.7 Å². The van der Waals surface area contributed by atoms with Crippen molar-refractivity contribution in [1.82, 2.24) is 0 Å². The minimum Gasteiger partial charge on any atom is -0.452 e. The summed E-state index contributed by atoms with van der Waals surface area (Å²) >= 11 is 1.44. The number of likely N-dealkylation sites (tertiary alicyclic amines) is 1. The van der Waals surface area contributed by atoms with Crippen LogP contribution in [0.15, 0.2) is 17.5 Å². The summed E-state index contributed by atoms with van der Waals surface area (Å²) < 4.78 is 5.45. The standard InChI is InChI=1S/C13H19NO2S/c1-11(10-14-7-3-2-4-8-14)16-13(15)12-6-5-9-17-12/h5-6,9,11H,2-4,7-8,10H2,1H3/p+1/t11-/m1/s1. The summed E-state index contributed by atoms with van der Waals surface area (Å²) in [6.07, 6.45) is 3.98. The van der Waals surface area contributed by atoms with Crippen LogP contribution in [0.2, 0.25) is 0 Å². The molecule has 0 aliphatic carbocycles. The molecular formula is C13H20NO2S+. The van der Waals surface area contributed by atoms with Crippen molar-refractivity contribution in [3.8, 4) is 0 Å². The Morgan fingerprint density at radius 3 is 2.88 bits per heavy atom. The van der Waals surface area contributed by atoms with Crippen molar-refractivity contribution in [1.29, 1.82) is 0 Å². The number of rotatable bonds is 4. The smallest absolute Gasteiger partial charge is 0.348 e. The third-order valence-corrected chi connectivity index (χ3v) is 4.02. The lowest BCUT2D eigenvalue weighted by molar-refractivity contribution is -0.907. The molecule has 4 heteroatoms. The lowest BCUT2D eigenvalue weighted by Gasteiger charge is -2.25. The van der Waals surface area contributed by atoms with Crippen molar-refractivity contribution in [3.63, 3.8) is 0 Å². The molecule has 0 radical (unpaired) electrons. The van der Waals surface area contributed by atoms with Crippen LogP contribution in [0, 0.1) is 0 Å². The molecular weight excluding hydrogens is 234 g/mol. The number of piperidine rings is 1. The first-order chi connectivity index (χ1) is 8.25. The fourth-order valence-electron chi connectivity index (χ4n) is 2.34. The van der Waals surface area contributed by atoms with E-state index in [0.717, 1.165) is 6.54 Å². The van der Waals surface area contributed by atoms with Crippen LogP contribution in [0.1, 0.15) is 35.9 Å². The van der Waals surface area contributed by atoms with Crippen LogP contribution in [-0.4, -0.2) is 31.7 Å². The first kappa shape index (κ1) is 12.6. The SMILES string of the molecule is C[C@H](C[NH+]1CCCCC1)OC(=O)c1cccs1. The van der Waals surface area contributed by atoms with Gasteiger partial charge in [-0.15, -0.1) is 11.3 Å². The highest BCUT2D eigenvalue weighted by Crippen LogP contribution is 2.10. The molecule has 2 rings (SSSR count). The first-order valence-corrected chi connectivity index (χ1v) is 7.22. The first-order valence-electron chi connectivity index (χ1n) is 6.34. The molecule has 1 aliphatic rings. The third-order valence-electron chi connectivity index (χ3n) is 3.17. The number of hydrogen-bond donors (Lipinski definition) is 1. The number of nitrogens with one attached hydrogen (secondary N) is 1. The molecule has 1 aromatic rings. The largest absolute Gasteiger partial charge is 0.452 e. The maximum atomic E-state index is 11.7. The second kappa shape index (κ2) is 6.17. The monoisotopic (exact) mass is 254 g/mol. The van der Waals surface area contributed by atoms with E-state index in [-0.39, 0.29) is 12.1 Å². The van der Waals surface area contributed by atoms with Crippen LogP contribution in [0.4, 0.5) is 0 Å². The molecule has 94 valence electrons. The highest BCUT2D eigenvalue weighted by molar-refractivity contribution is 7.11. The van der Waals surface area contributed by atoms with Gasteiger partial charge in [-0.1, -0.05) is 6.07 Å². The van der Waals surface area contributed by atoms with Crippen molar-refractivity contribution in [2.45, 2.75) is 32.3 Å². The summed E-state index contributed by atoms with van der Waals surface area (Å²) in [5.74, 6) is -0.177. The van der Waals surface area contributed by atoms with Crippen LogP contribution in [0.25, 0.3) is 0 Å². The third kappa shape index (κ3) is 3.82. The second-order valence-electron chi connectivity index (χ2n) is 4.71. The summed E-state index contributed by atoms with van der Waals surface area (Å²) in [6, 6.07) is 3.69. The van der Waals surface area contributed by atoms with Gasteiger partial charge in [-0.05, 0) is 37.6 Å². The van der Waals surface area contributed by atoms with E-state index in [9.17, 15) is 4.79 Å². The van der Waals surface area contributed by atoms with Gasteiger partial charge < -0.3 is 9.64 Å². The van der Waals surface area contributed by atoms with Gasteiger partial charge in [-0.2, -0.15) is 0 Å². The molecule has 1 aliphatic heterocycles. The molecule has 0 bridgehead atoms. The zero-order valence-corrected chi connectivity index (χ0v) is 11.1. The lowest BCUT2D eigenvalue weighted by atomic mass is 10.1. The van der Waals surface area contributed by atoms with Gasteiger partial charge in [0.25, 0.3) is 0 Å². The van der Waals surface area contributed by atoms with Crippen molar-refractivity contribution in [2.75, 3.05) is 19.6 Å². The molecule has 2 heterocycles. The van der Waals surface area contributed by atoms with E-state index in [1.807, 2.05) is 24.4 Å². The van der Waals surface area contributed by atoms with Crippen LogP contribution in [-0.2, 0) is 4.74 Å². The summed E-state index contributed by atoms with van der Waals surface area (Å²) in [5.41, 5.74) is 0. The molecule has 1 N–H and O–H groups in total. The molecule has 3 nitrogen and oxygen atoms in total. The van der Waals surface area contributed by atoms with Gasteiger partial charge in [0.2, 0.25) is 0 Å². The van der Waals surface area contributed by atoms with E-state index >= 15 is 0 Å². The van der Waals surface area contributed by atoms with Gasteiger partial charge in [-0.3, -0.25) is 0 Å². The molecule has 0 aromatic carbocycles. The number of quaternary nitrogens is 1. The van der Waals surface area contributed by atoms with Gasteiger partial charge in [0.15, 0.2) is 0 Å². The minimum absolute atomic E-state index is 0.0118. The normalized spacial score (nSPS) is 18.9. The Balaban J connectivity index is 1.76. The highest BCUT2D eigenvalue weighted by Gasteiger charge is 2.20. The van der Waals surface area contributed by atoms with Crippen molar-refractivity contribution >= 4 is 17.3 Å². The fraction of sp³-hybridized carbons (Fsp3) is 0.615. The fourth-order valence-corrected chi connectivity index (χ4v) is 2.94. The molecule has 1 aromatic heterocycles. The van der Waals surface area contributed by atoms with Crippen LogP contribution in [0.5, 0.6) is 0 Å². The number of ether oxygens (including phenoxy) is 1. The van der Waals surface area contributed by atoms with E-state index in [4.69, 9.17) is 4.74 Å². The molecule has 17 heavy (non-hydrogen) atoms. The van der Waals surface area contributed by atoms with Crippen molar-refractivity contribution < 1.29 is 14.4 Å². The quantitative estimate of drug-likeness (QED) is 0.823.